The van der Waals surface area contributed by atoms with Crippen LogP contribution < -0.4 is 0 Å². The molecule has 0 aromatic carbocycles. The minimum Gasteiger partial charge on any atom is -0.299 e. The fourth-order valence-electron chi connectivity index (χ4n) is 3.81. The molecule has 154 valence electrons. The Labute approximate surface area is 164 Å². The number of pyridine rings is 1. The Balaban J connectivity index is 1.74. The molecule has 1 atom stereocenters. The number of carbonyl (C=O) groups is 1. The lowest BCUT2D eigenvalue weighted by Gasteiger charge is -2.26. The predicted octanol–water partition coefficient (Wildman–Crippen LogP) is 6.19. The Kier molecular flexibility index (Phi) is 6.15. The molecule has 0 bridgehead atoms. The Morgan fingerprint density at radius 1 is 1.25 bits per heavy atom. The maximum atomic E-state index is 13.1. The van der Waals surface area contributed by atoms with Crippen molar-refractivity contribution < 1.29 is 18.0 Å². The van der Waals surface area contributed by atoms with E-state index in [0.29, 0.717) is 36.0 Å². The second-order valence-corrected chi connectivity index (χ2v) is 8.44. The molecule has 28 heavy (non-hydrogen) atoms. The third-order valence-electron chi connectivity index (χ3n) is 6.19. The summed E-state index contributed by atoms with van der Waals surface area (Å²) >= 11 is 0. The van der Waals surface area contributed by atoms with E-state index in [1.165, 1.54) is 12.3 Å². The summed E-state index contributed by atoms with van der Waals surface area (Å²) in [5, 5.41) is 4.58. The first-order chi connectivity index (χ1) is 13.2. The fourth-order valence-corrected chi connectivity index (χ4v) is 3.81. The summed E-state index contributed by atoms with van der Waals surface area (Å²) in [5.41, 5.74) is 1.84. The van der Waals surface area contributed by atoms with Crippen LogP contribution in [0.4, 0.5) is 13.2 Å². The summed E-state index contributed by atoms with van der Waals surface area (Å²) in [6.07, 6.45) is 3.08. The maximum Gasteiger partial charge on any atom is 0.416 e. The van der Waals surface area contributed by atoms with Gasteiger partial charge in [-0.2, -0.15) is 18.3 Å². The number of aryl methyl sites for hydroxylation is 1. The van der Waals surface area contributed by atoms with Crippen molar-refractivity contribution in [1.82, 2.24) is 9.61 Å². The van der Waals surface area contributed by atoms with Crippen molar-refractivity contribution in [2.24, 2.45) is 11.8 Å². The van der Waals surface area contributed by atoms with E-state index in [1.807, 2.05) is 6.92 Å². The highest BCUT2D eigenvalue weighted by Gasteiger charge is 2.33. The molecule has 0 amide bonds. The number of unbranched alkanes of at least 4 members (excludes halogenated alkanes) is 1. The van der Waals surface area contributed by atoms with Gasteiger partial charge in [-0.05, 0) is 56.1 Å². The Morgan fingerprint density at radius 3 is 2.54 bits per heavy atom. The number of hydrogen-bond acceptors (Lipinski definition) is 2. The third kappa shape index (κ3) is 4.41. The molecule has 0 aliphatic heterocycles. The van der Waals surface area contributed by atoms with Crippen molar-refractivity contribution in [3.05, 3.63) is 35.2 Å². The minimum atomic E-state index is -4.35. The molecule has 1 fully saturated rings. The van der Waals surface area contributed by atoms with Gasteiger partial charge < -0.3 is 0 Å². The minimum absolute atomic E-state index is 0.0709. The van der Waals surface area contributed by atoms with Gasteiger partial charge in [0.2, 0.25) is 0 Å². The number of fused-ring (bicyclic) bond motifs is 1. The fraction of sp³-hybridized carbons (Fsp3) is 0.636. The van der Waals surface area contributed by atoms with Gasteiger partial charge in [0.25, 0.3) is 0 Å². The highest BCUT2D eigenvalue weighted by atomic mass is 19.4. The van der Waals surface area contributed by atoms with Gasteiger partial charge in [-0.3, -0.25) is 4.79 Å². The molecule has 2 heterocycles. The van der Waals surface area contributed by atoms with Gasteiger partial charge in [0.1, 0.15) is 5.78 Å². The highest BCUT2D eigenvalue weighted by Crippen LogP contribution is 2.41. The predicted molar refractivity (Wildman–Crippen MR) is 103 cm³/mol. The number of rotatable bonds is 8. The van der Waals surface area contributed by atoms with Gasteiger partial charge in [0.05, 0.1) is 16.8 Å². The molecule has 1 saturated carbocycles. The topological polar surface area (TPSA) is 34.4 Å². The smallest absolute Gasteiger partial charge is 0.299 e. The van der Waals surface area contributed by atoms with Gasteiger partial charge in [-0.15, -0.1) is 0 Å². The first-order valence-electron chi connectivity index (χ1n) is 10.3. The lowest BCUT2D eigenvalue weighted by molar-refractivity contribution is -0.137. The van der Waals surface area contributed by atoms with Crippen LogP contribution >= 0.6 is 0 Å². The summed E-state index contributed by atoms with van der Waals surface area (Å²) in [4.78, 5) is 12.2. The maximum absolute atomic E-state index is 13.1. The van der Waals surface area contributed by atoms with Crippen molar-refractivity contribution in [2.45, 2.75) is 77.8 Å². The Hall–Kier alpha value is -1.85. The number of hydrogen-bond donors (Lipinski definition) is 0. The summed E-state index contributed by atoms with van der Waals surface area (Å²) in [7, 11) is 0. The summed E-state index contributed by atoms with van der Waals surface area (Å²) in [6, 6.07) is 2.32. The molecule has 3 nitrogen and oxygen atoms in total. The number of alkyl halides is 3. The number of halogens is 3. The van der Waals surface area contributed by atoms with Crippen molar-refractivity contribution in [3.63, 3.8) is 0 Å². The van der Waals surface area contributed by atoms with Gasteiger partial charge in [-0.25, -0.2) is 4.52 Å². The number of ketones is 1. The van der Waals surface area contributed by atoms with E-state index in [-0.39, 0.29) is 5.92 Å². The zero-order valence-corrected chi connectivity index (χ0v) is 16.9. The molecular formula is C22H29F3N2O. The molecule has 0 N–H and O–H groups in total. The third-order valence-corrected chi connectivity index (χ3v) is 6.19. The number of carbonyl (C=O) groups excluding carboxylic acids is 1. The van der Waals surface area contributed by atoms with Crippen LogP contribution in [0.1, 0.15) is 82.0 Å². The van der Waals surface area contributed by atoms with Crippen LogP contribution in [-0.2, 0) is 17.4 Å². The molecule has 3 rings (SSSR count). The number of aromatic nitrogens is 2. The summed E-state index contributed by atoms with van der Waals surface area (Å²) < 4.78 is 41.0. The van der Waals surface area contributed by atoms with Crippen LogP contribution in [0, 0.1) is 11.8 Å². The first kappa shape index (κ1) is 20.9. The molecule has 0 spiro atoms. The summed E-state index contributed by atoms with van der Waals surface area (Å²) in [6.45, 7) is 6.08. The number of nitrogens with zero attached hydrogens (tertiary/aromatic N) is 2. The monoisotopic (exact) mass is 394 g/mol. The molecule has 1 aliphatic rings. The van der Waals surface area contributed by atoms with Crippen molar-refractivity contribution in [2.75, 3.05) is 0 Å². The average Bonchev–Trinajstić information content (AvgIpc) is 2.93. The standard InChI is InChI=1S/C22H29F3N2O/c1-14(2)15(3)20(28)10-5-4-9-18-21(16-7-6-8-16)19-13-17(22(23,24)25)11-12-27(19)26-18/h11-16H,4-10H2,1-3H3/t15-/m0/s1. The van der Waals surface area contributed by atoms with Gasteiger partial charge in [0.15, 0.2) is 0 Å². The molecule has 2 aromatic heterocycles. The van der Waals surface area contributed by atoms with E-state index >= 15 is 0 Å². The van der Waals surface area contributed by atoms with E-state index in [2.05, 4.69) is 18.9 Å². The van der Waals surface area contributed by atoms with E-state index in [4.69, 9.17) is 0 Å². The van der Waals surface area contributed by atoms with Gasteiger partial charge in [0, 0.05) is 24.1 Å². The van der Waals surface area contributed by atoms with Crippen LogP contribution in [-0.4, -0.2) is 15.4 Å². The summed E-state index contributed by atoms with van der Waals surface area (Å²) in [5.74, 6) is 1.01. The first-order valence-corrected chi connectivity index (χ1v) is 10.3. The SMILES string of the molecule is CC(C)[C@H](C)C(=O)CCCCc1nn2ccc(C(F)(F)F)cc2c1C1CCC1. The number of Topliss-reactive ketones (excluding diaryl/α,β-unsaturated/α-hetero) is 1. The zero-order valence-electron chi connectivity index (χ0n) is 16.9. The molecular weight excluding hydrogens is 365 g/mol. The highest BCUT2D eigenvalue weighted by molar-refractivity contribution is 5.80. The quantitative estimate of drug-likeness (QED) is 0.500. The van der Waals surface area contributed by atoms with Crippen LogP contribution in [0.5, 0.6) is 0 Å². The lowest BCUT2D eigenvalue weighted by atomic mass is 9.78. The van der Waals surface area contributed by atoms with E-state index in [9.17, 15) is 18.0 Å². The molecule has 6 heteroatoms. The van der Waals surface area contributed by atoms with Crippen molar-refractivity contribution in [1.29, 1.82) is 0 Å². The molecule has 2 aromatic rings. The van der Waals surface area contributed by atoms with Crippen molar-refractivity contribution in [3.8, 4) is 0 Å². The Bertz CT molecular complexity index is 834. The molecule has 0 radical (unpaired) electrons. The van der Waals surface area contributed by atoms with E-state index in [0.717, 1.165) is 49.4 Å². The normalized spacial score (nSPS) is 16.5. The molecule has 0 saturated heterocycles. The Morgan fingerprint density at radius 2 is 1.96 bits per heavy atom. The van der Waals surface area contributed by atoms with Crippen LogP contribution in [0.25, 0.3) is 5.52 Å². The molecule has 0 unspecified atom stereocenters. The molecule has 1 aliphatic carbocycles. The van der Waals surface area contributed by atoms with Crippen LogP contribution in [0.3, 0.4) is 0 Å². The average molecular weight is 394 g/mol. The van der Waals surface area contributed by atoms with Gasteiger partial charge in [-0.1, -0.05) is 27.2 Å². The van der Waals surface area contributed by atoms with E-state index in [1.54, 1.807) is 4.52 Å². The van der Waals surface area contributed by atoms with E-state index < -0.39 is 11.7 Å². The lowest BCUT2D eigenvalue weighted by Crippen LogP contribution is -2.16. The van der Waals surface area contributed by atoms with Crippen LogP contribution in [0.15, 0.2) is 18.3 Å². The van der Waals surface area contributed by atoms with Crippen molar-refractivity contribution >= 4 is 11.3 Å². The zero-order chi connectivity index (χ0) is 20.5. The van der Waals surface area contributed by atoms with Crippen LogP contribution in [0.2, 0.25) is 0 Å². The second-order valence-electron chi connectivity index (χ2n) is 8.44. The largest absolute Gasteiger partial charge is 0.416 e. The second kappa shape index (κ2) is 8.26. The van der Waals surface area contributed by atoms with Gasteiger partial charge >= 0.3 is 6.18 Å².